The van der Waals surface area contributed by atoms with Crippen LogP contribution in [0, 0.1) is 5.92 Å². The third-order valence-electron chi connectivity index (χ3n) is 3.64. The summed E-state index contributed by atoms with van der Waals surface area (Å²) < 4.78 is 0. The second-order valence-corrected chi connectivity index (χ2v) is 6.77. The summed E-state index contributed by atoms with van der Waals surface area (Å²) in [4.78, 5) is 18.7. The molecule has 0 radical (unpaired) electrons. The second kappa shape index (κ2) is 5.63. The molecule has 0 bridgehead atoms. The van der Waals surface area contributed by atoms with E-state index in [0.717, 1.165) is 10.6 Å². The highest BCUT2D eigenvalue weighted by Crippen LogP contribution is 2.27. The molecular formula is C14H16N2O2S2. The van der Waals surface area contributed by atoms with Crippen molar-refractivity contribution in [2.75, 3.05) is 13.1 Å². The molecule has 4 nitrogen and oxygen atoms in total. The van der Waals surface area contributed by atoms with Crippen LogP contribution in [0.2, 0.25) is 0 Å². The van der Waals surface area contributed by atoms with Gasteiger partial charge in [-0.05, 0) is 23.8 Å². The summed E-state index contributed by atoms with van der Waals surface area (Å²) in [5.41, 5.74) is 1.58. The van der Waals surface area contributed by atoms with Crippen LogP contribution in [-0.4, -0.2) is 40.1 Å². The van der Waals surface area contributed by atoms with Gasteiger partial charge in [0.25, 0.3) is 5.91 Å². The van der Waals surface area contributed by atoms with Crippen molar-refractivity contribution in [3.8, 4) is 10.6 Å². The van der Waals surface area contributed by atoms with Crippen molar-refractivity contribution >= 4 is 28.6 Å². The van der Waals surface area contributed by atoms with Crippen LogP contribution >= 0.6 is 22.7 Å². The van der Waals surface area contributed by atoms with E-state index in [1.54, 1.807) is 16.2 Å². The molecule has 1 amide bonds. The minimum Gasteiger partial charge on any atom is -0.393 e. The molecule has 2 aromatic heterocycles. The topological polar surface area (TPSA) is 53.4 Å². The lowest BCUT2D eigenvalue weighted by Gasteiger charge is -2.33. The summed E-state index contributed by atoms with van der Waals surface area (Å²) in [6.45, 7) is 3.18. The van der Waals surface area contributed by atoms with E-state index in [0.29, 0.717) is 25.2 Å². The van der Waals surface area contributed by atoms with Crippen molar-refractivity contribution in [2.24, 2.45) is 5.92 Å². The first-order valence-corrected chi connectivity index (χ1v) is 8.43. The van der Waals surface area contributed by atoms with Gasteiger partial charge in [-0.3, -0.25) is 4.79 Å². The minimum atomic E-state index is -0.296. The Morgan fingerprint density at radius 1 is 1.50 bits per heavy atom. The Hall–Kier alpha value is -1.24. The van der Waals surface area contributed by atoms with E-state index in [4.69, 9.17) is 0 Å². The summed E-state index contributed by atoms with van der Waals surface area (Å²) in [5.74, 6) is 0.101. The Balaban J connectivity index is 1.75. The zero-order chi connectivity index (χ0) is 14.1. The van der Waals surface area contributed by atoms with Gasteiger partial charge in [-0.25, -0.2) is 4.98 Å². The van der Waals surface area contributed by atoms with E-state index in [9.17, 15) is 9.90 Å². The van der Waals surface area contributed by atoms with Crippen molar-refractivity contribution in [3.63, 3.8) is 0 Å². The van der Waals surface area contributed by atoms with Gasteiger partial charge >= 0.3 is 0 Å². The van der Waals surface area contributed by atoms with Crippen LogP contribution < -0.4 is 0 Å². The molecule has 2 aromatic rings. The maximum atomic E-state index is 12.4. The predicted octanol–water partition coefficient (Wildman–Crippen LogP) is 2.71. The van der Waals surface area contributed by atoms with E-state index >= 15 is 0 Å². The number of hydrogen-bond donors (Lipinski definition) is 1. The first kappa shape index (κ1) is 13.7. The summed E-state index contributed by atoms with van der Waals surface area (Å²) in [6.07, 6.45) is 0.352. The maximum Gasteiger partial charge on any atom is 0.273 e. The van der Waals surface area contributed by atoms with Crippen LogP contribution in [0.15, 0.2) is 22.2 Å². The molecule has 0 saturated carbocycles. The van der Waals surface area contributed by atoms with Crippen molar-refractivity contribution in [3.05, 3.63) is 27.9 Å². The number of aromatic nitrogens is 1. The molecule has 2 atom stereocenters. The van der Waals surface area contributed by atoms with Gasteiger partial charge in [0.05, 0.1) is 6.10 Å². The lowest BCUT2D eigenvalue weighted by Crippen LogP contribution is -2.45. The van der Waals surface area contributed by atoms with Gasteiger partial charge in [0.15, 0.2) is 0 Å². The van der Waals surface area contributed by atoms with Crippen LogP contribution in [0.1, 0.15) is 23.8 Å². The summed E-state index contributed by atoms with van der Waals surface area (Å²) >= 11 is 3.12. The smallest absolute Gasteiger partial charge is 0.273 e. The van der Waals surface area contributed by atoms with E-state index < -0.39 is 0 Å². The number of likely N-dealkylation sites (tertiary alicyclic amines) is 1. The number of thiazole rings is 1. The highest BCUT2D eigenvalue weighted by molar-refractivity contribution is 7.14. The quantitative estimate of drug-likeness (QED) is 0.928. The maximum absolute atomic E-state index is 12.4. The molecular weight excluding hydrogens is 292 g/mol. The Morgan fingerprint density at radius 2 is 2.35 bits per heavy atom. The van der Waals surface area contributed by atoms with Gasteiger partial charge in [0.1, 0.15) is 10.7 Å². The number of thiophene rings is 1. The number of aliphatic hydroxyl groups excluding tert-OH is 1. The summed E-state index contributed by atoms with van der Waals surface area (Å²) in [6, 6.07) is 2.01. The van der Waals surface area contributed by atoms with Crippen LogP contribution in [0.3, 0.4) is 0 Å². The lowest BCUT2D eigenvalue weighted by atomic mass is 9.96. The first-order chi connectivity index (χ1) is 9.65. The Labute approximate surface area is 125 Å². The van der Waals surface area contributed by atoms with Gasteiger partial charge in [0.2, 0.25) is 0 Å². The van der Waals surface area contributed by atoms with Crippen molar-refractivity contribution < 1.29 is 9.90 Å². The Kier molecular flexibility index (Phi) is 3.87. The van der Waals surface area contributed by atoms with Crippen LogP contribution in [0.25, 0.3) is 10.6 Å². The molecule has 106 valence electrons. The number of aliphatic hydroxyl groups is 1. The van der Waals surface area contributed by atoms with Crippen molar-refractivity contribution in [1.82, 2.24) is 9.88 Å². The Bertz CT molecular complexity index is 594. The highest BCUT2D eigenvalue weighted by Gasteiger charge is 2.28. The Morgan fingerprint density at radius 3 is 3.05 bits per heavy atom. The number of nitrogens with zero attached hydrogens (tertiary/aromatic N) is 2. The summed E-state index contributed by atoms with van der Waals surface area (Å²) in [7, 11) is 0. The third kappa shape index (κ3) is 2.63. The molecule has 1 N–H and O–H groups in total. The van der Waals surface area contributed by atoms with E-state index in [-0.39, 0.29) is 17.9 Å². The first-order valence-electron chi connectivity index (χ1n) is 6.60. The number of piperidine rings is 1. The fourth-order valence-electron chi connectivity index (χ4n) is 2.37. The molecule has 1 saturated heterocycles. The van der Waals surface area contributed by atoms with Crippen LogP contribution in [0.4, 0.5) is 0 Å². The minimum absolute atomic E-state index is 0.0264. The third-order valence-corrected chi connectivity index (χ3v) is 5.21. The fourth-order valence-corrected chi connectivity index (χ4v) is 3.88. The van der Waals surface area contributed by atoms with Gasteiger partial charge in [-0.2, -0.15) is 11.3 Å². The largest absolute Gasteiger partial charge is 0.393 e. The normalized spacial score (nSPS) is 23.0. The molecule has 3 rings (SSSR count). The van der Waals surface area contributed by atoms with Crippen molar-refractivity contribution in [1.29, 1.82) is 0 Å². The monoisotopic (exact) mass is 308 g/mol. The molecule has 1 aliphatic heterocycles. The molecule has 20 heavy (non-hydrogen) atoms. The van der Waals surface area contributed by atoms with Gasteiger partial charge in [0, 0.05) is 29.4 Å². The molecule has 0 aliphatic carbocycles. The molecule has 0 aromatic carbocycles. The predicted molar refractivity (Wildman–Crippen MR) is 81.1 cm³/mol. The average molecular weight is 308 g/mol. The van der Waals surface area contributed by atoms with Crippen molar-refractivity contribution in [2.45, 2.75) is 19.4 Å². The zero-order valence-electron chi connectivity index (χ0n) is 11.2. The molecule has 6 heteroatoms. The second-order valence-electron chi connectivity index (χ2n) is 5.13. The molecule has 3 heterocycles. The average Bonchev–Trinajstić information content (AvgIpc) is 3.11. The number of carbonyl (C=O) groups is 1. The molecule has 0 spiro atoms. The molecule has 1 aliphatic rings. The SMILES string of the molecule is CC1CN(C(=O)c2csc(-c3ccsc3)n2)CCC1O. The highest BCUT2D eigenvalue weighted by atomic mass is 32.1. The van der Waals surface area contributed by atoms with E-state index in [2.05, 4.69) is 4.98 Å². The van der Waals surface area contributed by atoms with Crippen LogP contribution in [0.5, 0.6) is 0 Å². The molecule has 2 unspecified atom stereocenters. The van der Waals surface area contributed by atoms with Gasteiger partial charge in [-0.15, -0.1) is 11.3 Å². The van der Waals surface area contributed by atoms with Gasteiger partial charge in [-0.1, -0.05) is 6.92 Å². The fraction of sp³-hybridized carbons (Fsp3) is 0.429. The van der Waals surface area contributed by atoms with E-state index in [1.165, 1.54) is 11.3 Å². The van der Waals surface area contributed by atoms with Gasteiger partial charge < -0.3 is 10.0 Å². The zero-order valence-corrected chi connectivity index (χ0v) is 12.8. The standard InChI is InChI=1S/C14H16N2O2S2/c1-9-6-16(4-2-12(9)17)14(18)11-8-20-13(15-11)10-3-5-19-7-10/h3,5,7-9,12,17H,2,4,6H2,1H3. The number of rotatable bonds is 2. The number of carbonyl (C=O) groups excluding carboxylic acids is 1. The number of amides is 1. The van der Waals surface area contributed by atoms with E-state index in [1.807, 2.05) is 29.1 Å². The molecule has 1 fully saturated rings. The number of hydrogen-bond acceptors (Lipinski definition) is 5. The summed E-state index contributed by atoms with van der Waals surface area (Å²) in [5, 5.41) is 16.5. The lowest BCUT2D eigenvalue weighted by molar-refractivity contribution is 0.0294. The van der Waals surface area contributed by atoms with Crippen LogP contribution in [-0.2, 0) is 0 Å².